The van der Waals surface area contributed by atoms with Gasteiger partial charge in [-0.25, -0.2) is 14.5 Å². The number of fused-ring (bicyclic) bond motifs is 1. The number of carbonyl (C=O) groups excluding carboxylic acids is 1. The van der Waals surface area contributed by atoms with Crippen molar-refractivity contribution in [3.05, 3.63) is 47.9 Å². The van der Waals surface area contributed by atoms with Crippen molar-refractivity contribution in [1.29, 1.82) is 0 Å². The molecule has 1 amide bonds. The largest absolute Gasteiger partial charge is 0.396 e. The zero-order valence-corrected chi connectivity index (χ0v) is 16.4. The molecular formula is C21H26N6O2. The quantitative estimate of drug-likeness (QED) is 0.690. The summed E-state index contributed by atoms with van der Waals surface area (Å²) in [5.74, 6) is 2.16. The minimum Gasteiger partial charge on any atom is -0.396 e. The number of aromatic nitrogens is 5. The summed E-state index contributed by atoms with van der Waals surface area (Å²) in [6.07, 6.45) is 14.3. The molecule has 1 aliphatic heterocycles. The Morgan fingerprint density at radius 3 is 2.93 bits per heavy atom. The van der Waals surface area contributed by atoms with E-state index in [2.05, 4.69) is 25.8 Å². The fourth-order valence-electron chi connectivity index (χ4n) is 4.28. The van der Waals surface area contributed by atoms with E-state index in [1.807, 2.05) is 17.3 Å². The number of rotatable bonds is 6. The van der Waals surface area contributed by atoms with Crippen LogP contribution in [0.3, 0.4) is 0 Å². The van der Waals surface area contributed by atoms with Gasteiger partial charge in [-0.15, -0.1) is 0 Å². The van der Waals surface area contributed by atoms with Crippen molar-refractivity contribution >= 4 is 11.6 Å². The van der Waals surface area contributed by atoms with Crippen LogP contribution in [-0.2, 0) is 13.0 Å². The number of hydrogen-bond acceptors (Lipinski definition) is 5. The van der Waals surface area contributed by atoms with Crippen LogP contribution < -0.4 is 0 Å². The van der Waals surface area contributed by atoms with Gasteiger partial charge in [-0.05, 0) is 43.6 Å². The molecule has 152 valence electrons. The lowest BCUT2D eigenvalue weighted by Crippen LogP contribution is -2.39. The highest BCUT2D eigenvalue weighted by atomic mass is 16.3. The van der Waals surface area contributed by atoms with E-state index in [0.29, 0.717) is 24.2 Å². The molecule has 1 unspecified atom stereocenters. The summed E-state index contributed by atoms with van der Waals surface area (Å²) in [7, 11) is 0. The average molecular weight is 394 g/mol. The van der Waals surface area contributed by atoms with E-state index < -0.39 is 0 Å². The van der Waals surface area contributed by atoms with Gasteiger partial charge in [0.2, 0.25) is 0 Å². The monoisotopic (exact) mass is 394 g/mol. The highest BCUT2D eigenvalue weighted by Gasteiger charge is 2.31. The van der Waals surface area contributed by atoms with Crippen molar-refractivity contribution in [3.8, 4) is 0 Å². The number of hydrogen-bond donors (Lipinski definition) is 1. The second kappa shape index (κ2) is 7.59. The molecule has 5 rings (SSSR count). The summed E-state index contributed by atoms with van der Waals surface area (Å²) in [6, 6.07) is 0. The van der Waals surface area contributed by atoms with Crippen LogP contribution >= 0.6 is 0 Å². The lowest BCUT2D eigenvalue weighted by molar-refractivity contribution is 0.0705. The Balaban J connectivity index is 1.35. The van der Waals surface area contributed by atoms with Gasteiger partial charge in [-0.1, -0.05) is 0 Å². The molecule has 8 nitrogen and oxygen atoms in total. The number of amides is 1. The number of aliphatic hydroxyl groups is 1. The fraction of sp³-hybridized carbons (Fsp3) is 0.524. The third kappa shape index (κ3) is 3.64. The summed E-state index contributed by atoms with van der Waals surface area (Å²) in [5.41, 5.74) is 1.99. The second-order valence-corrected chi connectivity index (χ2v) is 8.23. The Hall–Kier alpha value is -2.74. The maximum absolute atomic E-state index is 13.2. The van der Waals surface area contributed by atoms with Crippen LogP contribution in [-0.4, -0.2) is 59.8 Å². The van der Waals surface area contributed by atoms with E-state index in [0.717, 1.165) is 43.2 Å². The Morgan fingerprint density at radius 1 is 1.21 bits per heavy atom. The molecule has 1 atom stereocenters. The molecule has 0 aromatic carbocycles. The first-order chi connectivity index (χ1) is 14.2. The number of carbonyl (C=O) groups is 1. The van der Waals surface area contributed by atoms with Gasteiger partial charge in [0.15, 0.2) is 5.65 Å². The normalized spacial score (nSPS) is 19.8. The number of piperidine rings is 1. The van der Waals surface area contributed by atoms with E-state index >= 15 is 0 Å². The van der Waals surface area contributed by atoms with Crippen molar-refractivity contribution in [2.75, 3.05) is 19.7 Å². The Bertz CT molecular complexity index is 1020. The average Bonchev–Trinajstić information content (AvgIpc) is 3.27. The number of imidazole rings is 1. The summed E-state index contributed by atoms with van der Waals surface area (Å²) in [5, 5.41) is 13.4. The molecule has 0 radical (unpaired) electrons. The predicted molar refractivity (Wildman–Crippen MR) is 107 cm³/mol. The van der Waals surface area contributed by atoms with Crippen LogP contribution in [0, 0.1) is 5.92 Å². The Kier molecular flexibility index (Phi) is 4.79. The molecular weight excluding hydrogens is 368 g/mol. The second-order valence-electron chi connectivity index (χ2n) is 8.23. The summed E-state index contributed by atoms with van der Waals surface area (Å²) in [4.78, 5) is 24.2. The standard InChI is InChI=1S/C21H26N6O2/c28-9-5-16-10-23-20-18(11-24-27(20)13-16)21(29)26-7-1-2-17(14-26)19-22-6-8-25(19)12-15-3-4-15/h6,8,10-11,13,15,17,28H,1-5,7,9,12,14H2. The maximum Gasteiger partial charge on any atom is 0.259 e. The van der Waals surface area contributed by atoms with Crippen LogP contribution in [0.15, 0.2) is 31.0 Å². The van der Waals surface area contributed by atoms with Gasteiger partial charge in [0.25, 0.3) is 5.91 Å². The van der Waals surface area contributed by atoms with Gasteiger partial charge < -0.3 is 14.6 Å². The molecule has 2 aliphatic rings. The van der Waals surface area contributed by atoms with E-state index in [9.17, 15) is 4.79 Å². The highest BCUT2D eigenvalue weighted by molar-refractivity contribution is 5.99. The lowest BCUT2D eigenvalue weighted by Gasteiger charge is -2.32. The maximum atomic E-state index is 13.2. The lowest BCUT2D eigenvalue weighted by atomic mass is 9.96. The van der Waals surface area contributed by atoms with Crippen molar-refractivity contribution < 1.29 is 9.90 Å². The molecule has 8 heteroatoms. The van der Waals surface area contributed by atoms with E-state index in [1.165, 1.54) is 12.8 Å². The predicted octanol–water partition coefficient (Wildman–Crippen LogP) is 1.89. The van der Waals surface area contributed by atoms with Crippen molar-refractivity contribution in [2.24, 2.45) is 5.92 Å². The topological polar surface area (TPSA) is 88.6 Å². The number of nitrogens with zero attached hydrogens (tertiary/aromatic N) is 6. The van der Waals surface area contributed by atoms with Crippen LogP contribution in [0.5, 0.6) is 0 Å². The number of likely N-dealkylation sites (tertiary alicyclic amines) is 1. The highest BCUT2D eigenvalue weighted by Crippen LogP contribution is 2.33. The van der Waals surface area contributed by atoms with Gasteiger partial charge >= 0.3 is 0 Å². The van der Waals surface area contributed by atoms with Gasteiger partial charge in [0, 0.05) is 56.9 Å². The third-order valence-corrected chi connectivity index (χ3v) is 6.01. The van der Waals surface area contributed by atoms with Gasteiger partial charge in [-0.3, -0.25) is 4.79 Å². The molecule has 4 heterocycles. The fourth-order valence-corrected chi connectivity index (χ4v) is 4.28. The SMILES string of the molecule is O=C(c1cnn2cc(CCO)cnc12)N1CCCC(c2nccn2CC2CC2)C1. The molecule has 3 aromatic heterocycles. The minimum atomic E-state index is -0.0209. The third-order valence-electron chi connectivity index (χ3n) is 6.01. The first-order valence-corrected chi connectivity index (χ1v) is 10.5. The van der Waals surface area contributed by atoms with Crippen molar-refractivity contribution in [3.63, 3.8) is 0 Å². The molecule has 1 saturated carbocycles. The Labute approximate surface area is 169 Å². The first-order valence-electron chi connectivity index (χ1n) is 10.5. The van der Waals surface area contributed by atoms with Crippen LogP contribution in [0.4, 0.5) is 0 Å². The molecule has 1 aliphatic carbocycles. The van der Waals surface area contributed by atoms with Gasteiger partial charge in [-0.2, -0.15) is 5.10 Å². The van der Waals surface area contributed by atoms with Crippen molar-refractivity contribution in [1.82, 2.24) is 29.0 Å². The zero-order valence-electron chi connectivity index (χ0n) is 16.4. The van der Waals surface area contributed by atoms with Crippen LogP contribution in [0.25, 0.3) is 5.65 Å². The minimum absolute atomic E-state index is 0.0209. The smallest absolute Gasteiger partial charge is 0.259 e. The molecule has 1 N–H and O–H groups in total. The first kappa shape index (κ1) is 18.3. The van der Waals surface area contributed by atoms with Crippen molar-refractivity contribution in [2.45, 2.75) is 44.6 Å². The van der Waals surface area contributed by atoms with Gasteiger partial charge in [0.1, 0.15) is 11.4 Å². The summed E-state index contributed by atoms with van der Waals surface area (Å²) >= 11 is 0. The summed E-state index contributed by atoms with van der Waals surface area (Å²) in [6.45, 7) is 2.54. The van der Waals surface area contributed by atoms with E-state index in [4.69, 9.17) is 5.11 Å². The number of aliphatic hydroxyl groups excluding tert-OH is 1. The van der Waals surface area contributed by atoms with Crippen LogP contribution in [0.1, 0.15) is 53.3 Å². The molecule has 3 aromatic rings. The summed E-state index contributed by atoms with van der Waals surface area (Å²) < 4.78 is 3.91. The molecule has 1 saturated heterocycles. The molecule has 2 fully saturated rings. The van der Waals surface area contributed by atoms with E-state index in [-0.39, 0.29) is 18.4 Å². The van der Waals surface area contributed by atoms with E-state index in [1.54, 1.807) is 16.9 Å². The zero-order chi connectivity index (χ0) is 19.8. The van der Waals surface area contributed by atoms with Gasteiger partial charge in [0.05, 0.1) is 6.20 Å². The van der Waals surface area contributed by atoms with Crippen LogP contribution in [0.2, 0.25) is 0 Å². The molecule has 0 spiro atoms. The molecule has 0 bridgehead atoms. The molecule has 29 heavy (non-hydrogen) atoms. The Morgan fingerprint density at radius 2 is 2.10 bits per heavy atom.